The van der Waals surface area contributed by atoms with Crippen LogP contribution in [0.15, 0.2) is 18.2 Å². The number of benzene rings is 1. The first-order valence-electron chi connectivity index (χ1n) is 7.57. The number of aryl methyl sites for hydroxylation is 2. The molecular weight excluding hydrogens is 326 g/mol. The van der Waals surface area contributed by atoms with E-state index >= 15 is 0 Å². The molecule has 0 aliphatic heterocycles. The number of nitrogens with zero attached hydrogens (tertiary/aromatic N) is 2. The molecule has 6 heteroatoms. The Labute approximate surface area is 143 Å². The van der Waals surface area contributed by atoms with Crippen LogP contribution in [0.5, 0.6) is 0 Å². The van der Waals surface area contributed by atoms with E-state index in [0.29, 0.717) is 15.9 Å². The molecule has 4 nitrogen and oxygen atoms in total. The minimum absolute atomic E-state index is 0.120. The highest BCUT2D eigenvalue weighted by molar-refractivity contribution is 7.22. The van der Waals surface area contributed by atoms with E-state index in [1.54, 1.807) is 0 Å². The van der Waals surface area contributed by atoms with Crippen LogP contribution < -0.4 is 5.32 Å². The Morgan fingerprint density at radius 3 is 2.74 bits per heavy atom. The number of aromatic nitrogens is 2. The summed E-state index contributed by atoms with van der Waals surface area (Å²) in [7, 11) is 0. The van der Waals surface area contributed by atoms with Gasteiger partial charge in [0.05, 0.1) is 20.9 Å². The van der Waals surface area contributed by atoms with Crippen LogP contribution in [0, 0.1) is 19.8 Å². The molecule has 1 amide bonds. The monoisotopic (exact) mass is 345 g/mol. The highest BCUT2D eigenvalue weighted by atomic mass is 32.1. The zero-order chi connectivity index (χ0) is 16.6. The summed E-state index contributed by atoms with van der Waals surface area (Å²) in [4.78, 5) is 22.2. The SMILES string of the molecule is Cc1ccc2nc(NC(=O)c3sc(CC(C)C)nc3C)sc2c1. The largest absolute Gasteiger partial charge is 0.297 e. The molecule has 0 unspecified atom stereocenters. The molecule has 0 aliphatic carbocycles. The third-order valence-electron chi connectivity index (χ3n) is 3.39. The Hall–Kier alpha value is -1.79. The van der Waals surface area contributed by atoms with Crippen molar-refractivity contribution in [3.8, 4) is 0 Å². The third-order valence-corrected chi connectivity index (χ3v) is 5.51. The number of anilines is 1. The van der Waals surface area contributed by atoms with E-state index in [2.05, 4.69) is 35.2 Å². The predicted molar refractivity (Wildman–Crippen MR) is 97.7 cm³/mol. The molecule has 0 aliphatic rings. The van der Waals surface area contributed by atoms with Crippen LogP contribution in [0.25, 0.3) is 10.2 Å². The smallest absolute Gasteiger partial charge is 0.269 e. The first-order chi connectivity index (χ1) is 10.9. The van der Waals surface area contributed by atoms with Crippen molar-refractivity contribution in [2.75, 3.05) is 5.32 Å². The molecule has 2 aromatic heterocycles. The van der Waals surface area contributed by atoms with Gasteiger partial charge in [0, 0.05) is 6.42 Å². The van der Waals surface area contributed by atoms with Crippen LogP contribution in [0.2, 0.25) is 0 Å². The molecule has 0 spiro atoms. The number of carbonyl (C=O) groups is 1. The second kappa shape index (κ2) is 6.37. The molecule has 1 aromatic carbocycles. The predicted octanol–water partition coefficient (Wildman–Crippen LogP) is 4.82. The van der Waals surface area contributed by atoms with E-state index in [0.717, 1.165) is 27.3 Å². The van der Waals surface area contributed by atoms with Crippen molar-refractivity contribution in [1.29, 1.82) is 0 Å². The van der Waals surface area contributed by atoms with Crippen molar-refractivity contribution >= 4 is 43.9 Å². The summed E-state index contributed by atoms with van der Waals surface area (Å²) in [5.41, 5.74) is 2.90. The van der Waals surface area contributed by atoms with Gasteiger partial charge in [0.1, 0.15) is 4.88 Å². The zero-order valence-electron chi connectivity index (χ0n) is 13.6. The van der Waals surface area contributed by atoms with Crippen molar-refractivity contribution in [2.45, 2.75) is 34.1 Å². The molecule has 2 heterocycles. The maximum absolute atomic E-state index is 12.5. The summed E-state index contributed by atoms with van der Waals surface area (Å²) < 4.78 is 1.09. The molecule has 3 aromatic rings. The highest BCUT2D eigenvalue weighted by Crippen LogP contribution is 2.28. The van der Waals surface area contributed by atoms with Crippen molar-refractivity contribution in [2.24, 2.45) is 5.92 Å². The fourth-order valence-electron chi connectivity index (χ4n) is 2.34. The molecule has 0 radical (unpaired) electrons. The topological polar surface area (TPSA) is 54.9 Å². The second-order valence-corrected chi connectivity index (χ2v) is 8.18. The Kier molecular flexibility index (Phi) is 4.46. The summed E-state index contributed by atoms with van der Waals surface area (Å²) in [6, 6.07) is 6.09. The number of amides is 1. The summed E-state index contributed by atoms with van der Waals surface area (Å²) in [5.74, 6) is 0.412. The third kappa shape index (κ3) is 3.59. The highest BCUT2D eigenvalue weighted by Gasteiger charge is 2.17. The first kappa shape index (κ1) is 16.1. The number of hydrogen-bond acceptors (Lipinski definition) is 5. The number of thiazole rings is 2. The minimum atomic E-state index is -0.120. The van der Waals surface area contributed by atoms with E-state index in [9.17, 15) is 4.79 Å². The Balaban J connectivity index is 1.81. The molecular formula is C17H19N3OS2. The van der Waals surface area contributed by atoms with Gasteiger partial charge in [0.15, 0.2) is 5.13 Å². The number of carbonyl (C=O) groups excluding carboxylic acids is 1. The van der Waals surface area contributed by atoms with Crippen LogP contribution in [0.3, 0.4) is 0 Å². The molecule has 120 valence electrons. The summed E-state index contributed by atoms with van der Waals surface area (Å²) in [5, 5.41) is 4.56. The van der Waals surface area contributed by atoms with Gasteiger partial charge in [-0.15, -0.1) is 11.3 Å². The standard InChI is InChI=1S/C17H19N3OS2/c1-9(2)7-14-18-11(4)15(23-14)16(21)20-17-19-12-6-5-10(3)8-13(12)22-17/h5-6,8-9H,7H2,1-4H3,(H,19,20,21). The lowest BCUT2D eigenvalue weighted by Gasteiger charge is -1.99. The Bertz CT molecular complexity index is 864. The van der Waals surface area contributed by atoms with Gasteiger partial charge < -0.3 is 0 Å². The lowest BCUT2D eigenvalue weighted by atomic mass is 10.1. The van der Waals surface area contributed by atoms with E-state index in [4.69, 9.17) is 0 Å². The quantitative estimate of drug-likeness (QED) is 0.737. The van der Waals surface area contributed by atoms with Crippen LogP contribution in [-0.2, 0) is 6.42 Å². The van der Waals surface area contributed by atoms with Crippen LogP contribution in [-0.4, -0.2) is 15.9 Å². The van der Waals surface area contributed by atoms with Crippen LogP contribution >= 0.6 is 22.7 Å². The van der Waals surface area contributed by atoms with Crippen LogP contribution in [0.4, 0.5) is 5.13 Å². The normalized spacial score (nSPS) is 11.3. The average molecular weight is 345 g/mol. The maximum Gasteiger partial charge on any atom is 0.269 e. The van der Waals surface area contributed by atoms with Crippen molar-refractivity contribution in [3.63, 3.8) is 0 Å². The number of rotatable bonds is 4. The number of hydrogen-bond donors (Lipinski definition) is 1. The second-order valence-electron chi connectivity index (χ2n) is 6.06. The average Bonchev–Trinajstić information content (AvgIpc) is 3.00. The van der Waals surface area contributed by atoms with Gasteiger partial charge in [-0.2, -0.15) is 0 Å². The molecule has 23 heavy (non-hydrogen) atoms. The van der Waals surface area contributed by atoms with Gasteiger partial charge in [-0.25, -0.2) is 9.97 Å². The molecule has 0 atom stereocenters. The zero-order valence-corrected chi connectivity index (χ0v) is 15.3. The van der Waals surface area contributed by atoms with Crippen molar-refractivity contribution in [1.82, 2.24) is 9.97 Å². The fraction of sp³-hybridized carbons (Fsp3) is 0.353. The van der Waals surface area contributed by atoms with Crippen LogP contribution in [0.1, 0.15) is 39.8 Å². The van der Waals surface area contributed by atoms with Gasteiger partial charge in [0.25, 0.3) is 5.91 Å². The lowest BCUT2D eigenvalue weighted by molar-refractivity contribution is 0.103. The molecule has 0 saturated heterocycles. The molecule has 0 saturated carbocycles. The number of fused-ring (bicyclic) bond motifs is 1. The van der Waals surface area contributed by atoms with E-state index in [-0.39, 0.29) is 5.91 Å². The Morgan fingerprint density at radius 2 is 2.00 bits per heavy atom. The fourth-order valence-corrected chi connectivity index (χ4v) is 4.47. The molecule has 1 N–H and O–H groups in total. The van der Waals surface area contributed by atoms with Gasteiger partial charge in [-0.05, 0) is 37.5 Å². The van der Waals surface area contributed by atoms with Gasteiger partial charge >= 0.3 is 0 Å². The van der Waals surface area contributed by atoms with E-state index in [1.165, 1.54) is 28.2 Å². The Morgan fingerprint density at radius 1 is 1.22 bits per heavy atom. The first-order valence-corrected chi connectivity index (χ1v) is 9.20. The van der Waals surface area contributed by atoms with E-state index < -0.39 is 0 Å². The molecule has 3 rings (SSSR count). The lowest BCUT2D eigenvalue weighted by Crippen LogP contribution is -2.11. The van der Waals surface area contributed by atoms with Crippen molar-refractivity contribution < 1.29 is 4.79 Å². The van der Waals surface area contributed by atoms with Gasteiger partial charge in [-0.3, -0.25) is 10.1 Å². The maximum atomic E-state index is 12.5. The molecule has 0 fully saturated rings. The summed E-state index contributed by atoms with van der Waals surface area (Å²) in [6.07, 6.45) is 0.902. The van der Waals surface area contributed by atoms with Gasteiger partial charge in [-0.1, -0.05) is 31.3 Å². The van der Waals surface area contributed by atoms with E-state index in [1.807, 2.05) is 26.0 Å². The molecule has 0 bridgehead atoms. The minimum Gasteiger partial charge on any atom is -0.297 e. The summed E-state index contributed by atoms with van der Waals surface area (Å²) >= 11 is 2.98. The van der Waals surface area contributed by atoms with Gasteiger partial charge in [0.2, 0.25) is 0 Å². The summed E-state index contributed by atoms with van der Waals surface area (Å²) in [6.45, 7) is 8.24. The van der Waals surface area contributed by atoms with Crippen molar-refractivity contribution in [3.05, 3.63) is 39.3 Å². The number of nitrogens with one attached hydrogen (secondary N) is 1.